The standard InChI is InChI=1S/C26H29ClN4O/c1-20-6-5-9-24(28-20)19-31(26(32)29-23-12-10-22(27)11-13-23)25-14-16-30(17-15-25)18-21-7-3-2-4-8-21/h2-13,25H,14-19H2,1H3,(H,29,32). The van der Waals surface area contributed by atoms with Crippen LogP contribution >= 0.6 is 11.6 Å². The van der Waals surface area contributed by atoms with E-state index in [-0.39, 0.29) is 12.1 Å². The number of carbonyl (C=O) groups is 1. The van der Waals surface area contributed by atoms with Gasteiger partial charge < -0.3 is 10.2 Å². The van der Waals surface area contributed by atoms with Gasteiger partial charge in [-0.05, 0) is 61.7 Å². The van der Waals surface area contributed by atoms with Crippen LogP contribution in [0.2, 0.25) is 5.02 Å². The summed E-state index contributed by atoms with van der Waals surface area (Å²) in [6, 6.07) is 23.8. The molecule has 0 saturated carbocycles. The Labute approximate surface area is 195 Å². The van der Waals surface area contributed by atoms with E-state index >= 15 is 0 Å². The number of piperidine rings is 1. The van der Waals surface area contributed by atoms with Gasteiger partial charge in [0.2, 0.25) is 0 Å². The van der Waals surface area contributed by atoms with E-state index < -0.39 is 0 Å². The van der Waals surface area contributed by atoms with Crippen LogP contribution in [0.25, 0.3) is 0 Å². The number of carbonyl (C=O) groups excluding carboxylic acids is 1. The van der Waals surface area contributed by atoms with Crippen molar-refractivity contribution in [2.75, 3.05) is 18.4 Å². The minimum absolute atomic E-state index is 0.0999. The number of aromatic nitrogens is 1. The lowest BCUT2D eigenvalue weighted by molar-refractivity contribution is 0.119. The Hall–Kier alpha value is -2.89. The highest BCUT2D eigenvalue weighted by atomic mass is 35.5. The highest BCUT2D eigenvalue weighted by Gasteiger charge is 2.28. The molecule has 0 radical (unpaired) electrons. The average Bonchev–Trinajstić information content (AvgIpc) is 2.80. The number of amides is 2. The summed E-state index contributed by atoms with van der Waals surface area (Å²) >= 11 is 5.99. The quantitative estimate of drug-likeness (QED) is 0.522. The van der Waals surface area contributed by atoms with Gasteiger partial charge in [-0.2, -0.15) is 0 Å². The Kier molecular flexibility index (Phi) is 7.40. The molecule has 1 aliphatic heterocycles. The number of anilines is 1. The fraction of sp³-hybridized carbons (Fsp3) is 0.308. The maximum Gasteiger partial charge on any atom is 0.322 e. The minimum atomic E-state index is -0.0999. The molecule has 2 amide bonds. The predicted octanol–water partition coefficient (Wildman–Crippen LogP) is 5.74. The first-order chi connectivity index (χ1) is 15.6. The molecule has 1 N–H and O–H groups in total. The van der Waals surface area contributed by atoms with E-state index in [9.17, 15) is 4.79 Å². The molecule has 3 aromatic rings. The van der Waals surface area contributed by atoms with E-state index in [1.807, 2.05) is 48.2 Å². The first-order valence-corrected chi connectivity index (χ1v) is 11.5. The molecule has 1 fully saturated rings. The van der Waals surface area contributed by atoms with E-state index in [1.54, 1.807) is 12.1 Å². The Morgan fingerprint density at radius 2 is 1.75 bits per heavy atom. The molecule has 1 saturated heterocycles. The number of benzene rings is 2. The second-order valence-corrected chi connectivity index (χ2v) is 8.76. The summed E-state index contributed by atoms with van der Waals surface area (Å²) in [7, 11) is 0. The molecule has 5 nitrogen and oxygen atoms in total. The molecular formula is C26H29ClN4O. The number of nitrogens with zero attached hydrogens (tertiary/aromatic N) is 3. The normalized spacial score (nSPS) is 14.8. The fourth-order valence-electron chi connectivity index (χ4n) is 4.19. The van der Waals surface area contributed by atoms with Crippen LogP contribution in [0.5, 0.6) is 0 Å². The van der Waals surface area contributed by atoms with Crippen LogP contribution in [0, 0.1) is 6.92 Å². The lowest BCUT2D eigenvalue weighted by Crippen LogP contribution is -2.48. The first kappa shape index (κ1) is 22.3. The highest BCUT2D eigenvalue weighted by Crippen LogP contribution is 2.22. The number of likely N-dealkylation sites (tertiary alicyclic amines) is 1. The van der Waals surface area contributed by atoms with Crippen LogP contribution in [-0.4, -0.2) is 39.9 Å². The monoisotopic (exact) mass is 448 g/mol. The number of rotatable bonds is 6. The maximum atomic E-state index is 13.3. The molecule has 1 aromatic heterocycles. The van der Waals surface area contributed by atoms with Gasteiger partial charge in [-0.3, -0.25) is 9.88 Å². The Morgan fingerprint density at radius 1 is 1.03 bits per heavy atom. The molecule has 0 unspecified atom stereocenters. The summed E-state index contributed by atoms with van der Waals surface area (Å²) in [6.07, 6.45) is 1.87. The average molecular weight is 449 g/mol. The molecule has 166 valence electrons. The van der Waals surface area contributed by atoms with Crippen LogP contribution < -0.4 is 5.32 Å². The Morgan fingerprint density at radius 3 is 2.44 bits per heavy atom. The maximum absolute atomic E-state index is 13.3. The molecular weight excluding hydrogens is 420 g/mol. The number of urea groups is 1. The molecule has 0 spiro atoms. The molecule has 2 aromatic carbocycles. The van der Waals surface area contributed by atoms with Gasteiger partial charge >= 0.3 is 6.03 Å². The largest absolute Gasteiger partial charge is 0.322 e. The van der Waals surface area contributed by atoms with Gasteiger partial charge in [-0.25, -0.2) is 4.79 Å². The summed E-state index contributed by atoms with van der Waals surface area (Å²) < 4.78 is 0. The van der Waals surface area contributed by atoms with Gasteiger partial charge in [0.25, 0.3) is 0 Å². The van der Waals surface area contributed by atoms with Crippen LogP contribution in [0.4, 0.5) is 10.5 Å². The number of nitrogens with one attached hydrogen (secondary N) is 1. The molecule has 4 rings (SSSR count). The summed E-state index contributed by atoms with van der Waals surface area (Å²) in [5.74, 6) is 0. The number of aryl methyl sites for hydroxylation is 1. The smallest absolute Gasteiger partial charge is 0.316 e. The third-order valence-electron chi connectivity index (χ3n) is 5.88. The number of pyridine rings is 1. The predicted molar refractivity (Wildman–Crippen MR) is 130 cm³/mol. The van der Waals surface area contributed by atoms with Gasteiger partial charge in [0.05, 0.1) is 12.2 Å². The zero-order chi connectivity index (χ0) is 22.3. The van der Waals surface area contributed by atoms with Crippen molar-refractivity contribution in [1.82, 2.24) is 14.8 Å². The Balaban J connectivity index is 1.44. The SMILES string of the molecule is Cc1cccc(CN(C(=O)Nc2ccc(Cl)cc2)C2CCN(Cc3ccccc3)CC2)n1. The molecule has 0 bridgehead atoms. The lowest BCUT2D eigenvalue weighted by atomic mass is 10.0. The van der Waals surface area contributed by atoms with Crippen LogP contribution in [0.3, 0.4) is 0 Å². The third kappa shape index (κ3) is 6.09. The topological polar surface area (TPSA) is 48.5 Å². The molecule has 6 heteroatoms. The Bertz CT molecular complexity index is 1020. The van der Waals surface area contributed by atoms with Crippen molar-refractivity contribution in [2.24, 2.45) is 0 Å². The second kappa shape index (κ2) is 10.6. The van der Waals surface area contributed by atoms with Crippen LogP contribution in [0.1, 0.15) is 29.8 Å². The van der Waals surface area contributed by atoms with E-state index in [2.05, 4.69) is 39.5 Å². The van der Waals surface area contributed by atoms with Crippen molar-refractivity contribution < 1.29 is 4.79 Å². The molecule has 2 heterocycles. The van der Waals surface area contributed by atoms with Gasteiger partial charge in [-0.1, -0.05) is 48.0 Å². The second-order valence-electron chi connectivity index (χ2n) is 8.33. The summed E-state index contributed by atoms with van der Waals surface area (Å²) in [5.41, 5.74) is 3.93. The van der Waals surface area contributed by atoms with E-state index in [0.717, 1.165) is 49.6 Å². The molecule has 1 aliphatic rings. The first-order valence-electron chi connectivity index (χ1n) is 11.1. The van der Waals surface area contributed by atoms with Gasteiger partial charge in [0, 0.05) is 42.1 Å². The van der Waals surface area contributed by atoms with Crippen molar-refractivity contribution in [3.05, 3.63) is 94.8 Å². The molecule has 0 aliphatic carbocycles. The van der Waals surface area contributed by atoms with Crippen molar-refractivity contribution in [1.29, 1.82) is 0 Å². The van der Waals surface area contributed by atoms with Crippen molar-refractivity contribution in [2.45, 2.75) is 38.9 Å². The van der Waals surface area contributed by atoms with Crippen molar-refractivity contribution in [3.63, 3.8) is 0 Å². The lowest BCUT2D eigenvalue weighted by Gasteiger charge is -2.38. The summed E-state index contributed by atoms with van der Waals surface area (Å²) in [6.45, 7) is 5.34. The molecule has 0 atom stereocenters. The number of hydrogen-bond acceptors (Lipinski definition) is 3. The van der Waals surface area contributed by atoms with Gasteiger partial charge in [0.15, 0.2) is 0 Å². The van der Waals surface area contributed by atoms with Gasteiger partial charge in [-0.15, -0.1) is 0 Å². The molecule has 32 heavy (non-hydrogen) atoms. The van der Waals surface area contributed by atoms with Crippen molar-refractivity contribution in [3.8, 4) is 0 Å². The fourth-order valence-corrected chi connectivity index (χ4v) is 4.31. The zero-order valence-corrected chi connectivity index (χ0v) is 19.1. The third-order valence-corrected chi connectivity index (χ3v) is 6.13. The highest BCUT2D eigenvalue weighted by molar-refractivity contribution is 6.30. The van der Waals surface area contributed by atoms with Gasteiger partial charge in [0.1, 0.15) is 0 Å². The van der Waals surface area contributed by atoms with Crippen molar-refractivity contribution >= 4 is 23.3 Å². The zero-order valence-electron chi connectivity index (χ0n) is 18.4. The summed E-state index contributed by atoms with van der Waals surface area (Å²) in [5, 5.41) is 3.69. The van der Waals surface area contributed by atoms with Crippen LogP contribution in [0.15, 0.2) is 72.8 Å². The number of hydrogen-bond donors (Lipinski definition) is 1. The van der Waals surface area contributed by atoms with E-state index in [0.29, 0.717) is 11.6 Å². The summed E-state index contributed by atoms with van der Waals surface area (Å²) in [4.78, 5) is 22.3. The minimum Gasteiger partial charge on any atom is -0.316 e. The number of halogens is 1. The van der Waals surface area contributed by atoms with E-state index in [4.69, 9.17) is 11.6 Å². The van der Waals surface area contributed by atoms with E-state index in [1.165, 1.54) is 5.56 Å². The van der Waals surface area contributed by atoms with Crippen LogP contribution in [-0.2, 0) is 13.1 Å².